The number of hydrogen-bond donors (Lipinski definition) is 2. The van der Waals surface area contributed by atoms with Crippen LogP contribution in [0.5, 0.6) is 0 Å². The standard InChI is InChI=1S/C24H17ClN4OS2/c1-13-6-8-14(9-7-13)18-11-10-16-20(26)21(32-23(16)27-18)22(30)29-24-28-19(12-31-24)15-4-2-3-5-17(15)25/h2-12H,26H2,1H3,(H,28,29,30). The number of anilines is 2. The van der Waals surface area contributed by atoms with E-state index in [1.165, 1.54) is 28.2 Å². The van der Waals surface area contributed by atoms with E-state index >= 15 is 0 Å². The summed E-state index contributed by atoms with van der Waals surface area (Å²) >= 11 is 8.87. The zero-order valence-electron chi connectivity index (χ0n) is 16.9. The molecule has 5 nitrogen and oxygen atoms in total. The molecule has 0 saturated carbocycles. The molecule has 0 fully saturated rings. The molecular weight excluding hydrogens is 460 g/mol. The first kappa shape index (κ1) is 20.6. The van der Waals surface area contributed by atoms with E-state index in [0.717, 1.165) is 27.0 Å². The maximum absolute atomic E-state index is 12.9. The average Bonchev–Trinajstić information content (AvgIpc) is 3.39. The van der Waals surface area contributed by atoms with Crippen molar-refractivity contribution >= 4 is 61.2 Å². The molecule has 3 heterocycles. The van der Waals surface area contributed by atoms with E-state index in [4.69, 9.17) is 22.3 Å². The SMILES string of the molecule is Cc1ccc(-c2ccc3c(N)c(C(=O)Nc4nc(-c5ccccc5Cl)cs4)sc3n2)cc1. The Hall–Kier alpha value is -3.26. The zero-order chi connectivity index (χ0) is 22.2. The van der Waals surface area contributed by atoms with Crippen LogP contribution in [0, 0.1) is 6.92 Å². The summed E-state index contributed by atoms with van der Waals surface area (Å²) in [5.74, 6) is -0.303. The van der Waals surface area contributed by atoms with Crippen LogP contribution in [-0.2, 0) is 0 Å². The highest BCUT2D eigenvalue weighted by atomic mass is 35.5. The Labute approximate surface area is 197 Å². The molecule has 1 amide bonds. The topological polar surface area (TPSA) is 80.9 Å². The Balaban J connectivity index is 1.42. The number of benzene rings is 2. The van der Waals surface area contributed by atoms with E-state index in [-0.39, 0.29) is 5.91 Å². The van der Waals surface area contributed by atoms with Gasteiger partial charge in [0.2, 0.25) is 0 Å². The summed E-state index contributed by atoms with van der Waals surface area (Å²) in [7, 11) is 0. The van der Waals surface area contributed by atoms with Crippen molar-refractivity contribution in [2.45, 2.75) is 6.92 Å². The van der Waals surface area contributed by atoms with E-state index in [2.05, 4.69) is 10.3 Å². The second kappa shape index (κ2) is 8.35. The number of nitrogen functional groups attached to an aromatic ring is 1. The Kier molecular flexibility index (Phi) is 5.38. The Morgan fingerprint density at radius 1 is 1.00 bits per heavy atom. The van der Waals surface area contributed by atoms with Crippen LogP contribution in [0.3, 0.4) is 0 Å². The molecule has 0 atom stereocenters. The number of aryl methyl sites for hydroxylation is 1. The van der Waals surface area contributed by atoms with E-state index in [1.807, 2.05) is 73.0 Å². The van der Waals surface area contributed by atoms with Crippen LogP contribution < -0.4 is 11.1 Å². The summed E-state index contributed by atoms with van der Waals surface area (Å²) in [5.41, 5.74) is 11.3. The summed E-state index contributed by atoms with van der Waals surface area (Å²) < 4.78 is 0. The molecule has 0 aliphatic carbocycles. The van der Waals surface area contributed by atoms with Crippen molar-refractivity contribution in [2.24, 2.45) is 0 Å². The predicted octanol–water partition coefficient (Wildman–Crippen LogP) is 6.88. The number of nitrogens with two attached hydrogens (primary N) is 1. The molecule has 2 aromatic carbocycles. The average molecular weight is 477 g/mol. The van der Waals surface area contributed by atoms with Crippen molar-refractivity contribution in [1.82, 2.24) is 9.97 Å². The second-order valence-electron chi connectivity index (χ2n) is 7.23. The largest absolute Gasteiger partial charge is 0.397 e. The lowest BCUT2D eigenvalue weighted by Crippen LogP contribution is -2.11. The van der Waals surface area contributed by atoms with Crippen LogP contribution in [0.4, 0.5) is 10.8 Å². The molecule has 0 aliphatic rings. The maximum atomic E-state index is 12.9. The van der Waals surface area contributed by atoms with Gasteiger partial charge >= 0.3 is 0 Å². The van der Waals surface area contributed by atoms with Gasteiger partial charge in [0.1, 0.15) is 9.71 Å². The van der Waals surface area contributed by atoms with Gasteiger partial charge in [-0.3, -0.25) is 10.1 Å². The third kappa shape index (κ3) is 3.86. The van der Waals surface area contributed by atoms with Gasteiger partial charge in [0, 0.05) is 26.9 Å². The van der Waals surface area contributed by atoms with Crippen molar-refractivity contribution in [1.29, 1.82) is 0 Å². The van der Waals surface area contributed by atoms with Crippen molar-refractivity contribution in [3.8, 4) is 22.5 Å². The Bertz CT molecular complexity index is 1460. The smallest absolute Gasteiger partial charge is 0.269 e. The first-order valence-corrected chi connectivity index (χ1v) is 11.8. The molecular formula is C24H17ClN4OS2. The number of fused-ring (bicyclic) bond motifs is 1. The van der Waals surface area contributed by atoms with E-state index in [9.17, 15) is 4.79 Å². The van der Waals surface area contributed by atoms with E-state index < -0.39 is 0 Å². The fourth-order valence-electron chi connectivity index (χ4n) is 3.33. The molecule has 8 heteroatoms. The lowest BCUT2D eigenvalue weighted by atomic mass is 10.1. The number of halogens is 1. The van der Waals surface area contributed by atoms with Crippen molar-refractivity contribution in [3.63, 3.8) is 0 Å². The molecule has 158 valence electrons. The number of amides is 1. The highest BCUT2D eigenvalue weighted by Gasteiger charge is 2.19. The van der Waals surface area contributed by atoms with Gasteiger partial charge in [-0.2, -0.15) is 0 Å². The van der Waals surface area contributed by atoms with Gasteiger partial charge in [0.15, 0.2) is 5.13 Å². The Morgan fingerprint density at radius 3 is 2.56 bits per heavy atom. The minimum Gasteiger partial charge on any atom is -0.397 e. The molecule has 0 spiro atoms. The fraction of sp³-hybridized carbons (Fsp3) is 0.0417. The van der Waals surface area contributed by atoms with Crippen LogP contribution >= 0.6 is 34.3 Å². The summed E-state index contributed by atoms with van der Waals surface area (Å²) in [6.45, 7) is 2.05. The third-order valence-corrected chi connectivity index (χ3v) is 7.22. The zero-order valence-corrected chi connectivity index (χ0v) is 19.3. The second-order valence-corrected chi connectivity index (χ2v) is 9.50. The summed E-state index contributed by atoms with van der Waals surface area (Å²) in [4.78, 5) is 23.3. The van der Waals surface area contributed by atoms with Crippen molar-refractivity contribution < 1.29 is 4.79 Å². The van der Waals surface area contributed by atoms with Gasteiger partial charge in [-0.15, -0.1) is 22.7 Å². The van der Waals surface area contributed by atoms with Crippen LogP contribution in [-0.4, -0.2) is 15.9 Å². The minimum absolute atomic E-state index is 0.303. The van der Waals surface area contributed by atoms with Crippen LogP contribution in [0.25, 0.3) is 32.7 Å². The van der Waals surface area contributed by atoms with Gasteiger partial charge in [0.05, 0.1) is 17.1 Å². The number of thiophene rings is 1. The summed E-state index contributed by atoms with van der Waals surface area (Å²) in [5, 5.41) is 6.57. The number of thiazole rings is 1. The van der Waals surface area contributed by atoms with Gasteiger partial charge in [-0.1, -0.05) is 59.6 Å². The van der Waals surface area contributed by atoms with Crippen molar-refractivity contribution in [2.75, 3.05) is 11.1 Å². The molecule has 32 heavy (non-hydrogen) atoms. The monoisotopic (exact) mass is 476 g/mol. The molecule has 5 aromatic rings. The number of carbonyl (C=O) groups is 1. The first-order valence-electron chi connectivity index (χ1n) is 9.77. The predicted molar refractivity (Wildman–Crippen MR) is 135 cm³/mol. The molecule has 0 radical (unpaired) electrons. The van der Waals surface area contributed by atoms with Crippen molar-refractivity contribution in [3.05, 3.63) is 81.5 Å². The maximum Gasteiger partial charge on any atom is 0.269 e. The van der Waals surface area contributed by atoms with Gasteiger partial charge < -0.3 is 5.73 Å². The minimum atomic E-state index is -0.303. The third-order valence-electron chi connectivity index (χ3n) is 5.02. The quantitative estimate of drug-likeness (QED) is 0.296. The summed E-state index contributed by atoms with van der Waals surface area (Å²) in [6, 6.07) is 19.5. The number of nitrogens with zero attached hydrogens (tertiary/aromatic N) is 2. The van der Waals surface area contributed by atoms with E-state index in [0.29, 0.717) is 26.4 Å². The molecule has 5 rings (SSSR count). The molecule has 0 aliphatic heterocycles. The molecule has 0 bridgehead atoms. The van der Waals surface area contributed by atoms with E-state index in [1.54, 1.807) is 0 Å². The van der Waals surface area contributed by atoms with Crippen LogP contribution in [0.1, 0.15) is 15.2 Å². The fourth-order valence-corrected chi connectivity index (χ4v) is 5.26. The molecule has 0 saturated heterocycles. The van der Waals surface area contributed by atoms with Crippen LogP contribution in [0.2, 0.25) is 5.02 Å². The number of carbonyl (C=O) groups excluding carboxylic acids is 1. The highest BCUT2D eigenvalue weighted by molar-refractivity contribution is 7.21. The van der Waals surface area contributed by atoms with Gasteiger partial charge in [-0.25, -0.2) is 9.97 Å². The Morgan fingerprint density at radius 2 is 1.78 bits per heavy atom. The molecule has 0 unspecified atom stereocenters. The number of hydrogen-bond acceptors (Lipinski definition) is 6. The van der Waals surface area contributed by atoms with Gasteiger partial charge in [-0.05, 0) is 25.1 Å². The van der Waals surface area contributed by atoms with Crippen LogP contribution in [0.15, 0.2) is 66.0 Å². The molecule has 3 aromatic heterocycles. The lowest BCUT2D eigenvalue weighted by molar-refractivity contribution is 0.103. The van der Waals surface area contributed by atoms with Gasteiger partial charge in [0.25, 0.3) is 5.91 Å². The lowest BCUT2D eigenvalue weighted by Gasteiger charge is -2.02. The number of nitrogens with one attached hydrogen (secondary N) is 1. The normalized spacial score (nSPS) is 11.1. The number of aromatic nitrogens is 2. The summed E-state index contributed by atoms with van der Waals surface area (Å²) in [6.07, 6.45) is 0. The number of pyridine rings is 1. The first-order chi connectivity index (χ1) is 15.5. The molecule has 3 N–H and O–H groups in total. The highest BCUT2D eigenvalue weighted by Crippen LogP contribution is 2.35. The number of rotatable bonds is 4.